The van der Waals surface area contributed by atoms with Crippen LogP contribution in [0.3, 0.4) is 0 Å². The summed E-state index contributed by atoms with van der Waals surface area (Å²) in [6.07, 6.45) is 3.96. The van der Waals surface area contributed by atoms with Gasteiger partial charge in [-0.3, -0.25) is 14.4 Å². The van der Waals surface area contributed by atoms with E-state index in [0.717, 1.165) is 45.3 Å². The molecule has 1 fully saturated rings. The fraction of sp³-hybridized carbons (Fsp3) is 0.552. The van der Waals surface area contributed by atoms with E-state index in [4.69, 9.17) is 5.73 Å². The van der Waals surface area contributed by atoms with Crippen molar-refractivity contribution in [3.63, 3.8) is 0 Å². The number of hydrogen-bond donors (Lipinski definition) is 5. The Kier molecular flexibility index (Phi) is 6.97. The molecule has 1 saturated heterocycles. The minimum Gasteiger partial charge on any atom is -0.511 e. The Morgan fingerprint density at radius 1 is 1.15 bits per heavy atom. The second-order valence-corrected chi connectivity index (χ2v) is 11.5. The van der Waals surface area contributed by atoms with Crippen molar-refractivity contribution in [1.82, 2.24) is 4.90 Å². The molecular weight excluding hydrogens is 502 g/mol. The van der Waals surface area contributed by atoms with Crippen LogP contribution in [0.4, 0.5) is 5.69 Å². The average molecular weight is 540 g/mol. The van der Waals surface area contributed by atoms with Crippen molar-refractivity contribution < 1.29 is 34.8 Å². The number of aromatic hydroxyl groups is 1. The van der Waals surface area contributed by atoms with Crippen molar-refractivity contribution in [3.05, 3.63) is 45.9 Å². The fourth-order valence-corrected chi connectivity index (χ4v) is 6.95. The molecule has 3 aliphatic carbocycles. The van der Waals surface area contributed by atoms with Gasteiger partial charge in [0.1, 0.15) is 22.8 Å². The quantitative estimate of drug-likeness (QED) is 0.341. The maximum atomic E-state index is 13.9. The Balaban J connectivity index is 1.57. The summed E-state index contributed by atoms with van der Waals surface area (Å²) in [4.78, 5) is 43.4. The van der Waals surface area contributed by atoms with Gasteiger partial charge < -0.3 is 36.0 Å². The van der Waals surface area contributed by atoms with Crippen LogP contribution in [-0.4, -0.2) is 81.1 Å². The van der Waals surface area contributed by atoms with E-state index >= 15 is 0 Å². The van der Waals surface area contributed by atoms with Crippen molar-refractivity contribution in [2.24, 2.45) is 17.6 Å². The zero-order valence-corrected chi connectivity index (χ0v) is 22.4. The molecule has 210 valence electrons. The summed E-state index contributed by atoms with van der Waals surface area (Å²) in [5.41, 5.74) is 3.08. The molecule has 5 rings (SSSR count). The number of ketones is 2. The molecule has 6 N–H and O–H groups in total. The highest BCUT2D eigenvalue weighted by Crippen LogP contribution is 2.52. The molecule has 1 heterocycles. The van der Waals surface area contributed by atoms with Crippen molar-refractivity contribution in [1.29, 1.82) is 0 Å². The zero-order valence-electron chi connectivity index (χ0n) is 22.4. The minimum absolute atomic E-state index is 0.0681. The number of carbonyl (C=O) groups excluding carboxylic acids is 3. The Morgan fingerprint density at radius 2 is 1.85 bits per heavy atom. The number of rotatable bonds is 6. The van der Waals surface area contributed by atoms with E-state index in [0.29, 0.717) is 17.7 Å². The summed E-state index contributed by atoms with van der Waals surface area (Å²) in [6.45, 7) is 4.70. The zero-order chi connectivity index (χ0) is 28.2. The molecular formula is C29H37N3O7. The van der Waals surface area contributed by atoms with Gasteiger partial charge in [0.05, 0.1) is 11.3 Å². The molecule has 1 aliphatic heterocycles. The van der Waals surface area contributed by atoms with Crippen LogP contribution in [0.1, 0.15) is 61.4 Å². The number of primary amides is 1. The number of nitrogens with two attached hydrogens (primary N) is 1. The van der Waals surface area contributed by atoms with E-state index in [9.17, 15) is 34.8 Å². The Hall–Kier alpha value is -3.37. The first-order chi connectivity index (χ1) is 18.5. The Labute approximate surface area is 227 Å². The number of Topliss-reactive ketones (excluding diaryl/α,β-unsaturated/α-hetero) is 2. The van der Waals surface area contributed by atoms with Crippen LogP contribution in [0.25, 0.3) is 0 Å². The number of hydrogen-bond acceptors (Lipinski definition) is 9. The smallest absolute Gasteiger partial charge is 0.255 e. The van der Waals surface area contributed by atoms with Gasteiger partial charge in [0, 0.05) is 30.5 Å². The van der Waals surface area contributed by atoms with E-state index in [1.54, 1.807) is 0 Å². The van der Waals surface area contributed by atoms with Gasteiger partial charge in [0.2, 0.25) is 5.78 Å². The maximum Gasteiger partial charge on any atom is 0.255 e. The van der Waals surface area contributed by atoms with Crippen LogP contribution in [0.15, 0.2) is 34.8 Å². The Bertz CT molecular complexity index is 1290. The summed E-state index contributed by atoms with van der Waals surface area (Å²) < 4.78 is 0. The number of allylic oxidation sites excluding steroid dienone is 2. The third-order valence-electron chi connectivity index (χ3n) is 9.10. The van der Waals surface area contributed by atoms with Crippen molar-refractivity contribution >= 4 is 23.2 Å². The number of nitrogens with zero attached hydrogens (tertiary/aromatic N) is 2. The number of likely N-dealkylation sites (tertiary alicyclic amines) is 1. The van der Waals surface area contributed by atoms with Crippen LogP contribution < -0.4 is 10.6 Å². The first-order valence-electron chi connectivity index (χ1n) is 13.8. The van der Waals surface area contributed by atoms with Gasteiger partial charge in [-0.15, -0.1) is 0 Å². The standard InChI is InChI=1S/C29H37N3O7/c1-3-4-9-32(18-7-10-31(2)11-8-18)19-6-5-15-12-16-13-17-14-20(33)23(28(30)38)27(37)29(17,39)26(36)22(16)25(35)21(15)24(19)34/h5-6,16-18,33-34,36,39H,3-4,7-14H2,1-2H3,(H2,30,38)/t16-,17-,29-/m0/s1. The van der Waals surface area contributed by atoms with Gasteiger partial charge in [0.15, 0.2) is 11.4 Å². The number of piperidine rings is 1. The number of anilines is 1. The number of fused-ring (bicyclic) bond motifs is 3. The van der Waals surface area contributed by atoms with Gasteiger partial charge >= 0.3 is 0 Å². The molecule has 0 bridgehead atoms. The molecule has 10 heteroatoms. The minimum atomic E-state index is -2.55. The molecule has 1 aromatic rings. The topological polar surface area (TPSA) is 165 Å². The first-order valence-corrected chi connectivity index (χ1v) is 13.8. The van der Waals surface area contributed by atoms with Crippen LogP contribution in [0.2, 0.25) is 0 Å². The monoisotopic (exact) mass is 539 g/mol. The summed E-state index contributed by atoms with van der Waals surface area (Å²) >= 11 is 0. The number of unbranched alkanes of at least 4 members (excludes halogenated alkanes) is 1. The largest absolute Gasteiger partial charge is 0.511 e. The maximum absolute atomic E-state index is 13.9. The van der Waals surface area contributed by atoms with Crippen LogP contribution >= 0.6 is 0 Å². The molecule has 0 aromatic heterocycles. The number of aliphatic hydroxyl groups excluding tert-OH is 2. The molecule has 0 saturated carbocycles. The molecule has 0 spiro atoms. The number of benzene rings is 1. The third kappa shape index (κ3) is 4.21. The van der Waals surface area contributed by atoms with Crippen LogP contribution in [0, 0.1) is 11.8 Å². The fourth-order valence-electron chi connectivity index (χ4n) is 6.95. The van der Waals surface area contributed by atoms with E-state index in [1.165, 1.54) is 0 Å². The van der Waals surface area contributed by atoms with E-state index in [-0.39, 0.29) is 35.8 Å². The number of phenolic OH excluding ortho intramolecular Hbond substituents is 1. The molecule has 1 aromatic carbocycles. The van der Waals surface area contributed by atoms with Crippen LogP contribution in [0.5, 0.6) is 5.75 Å². The van der Waals surface area contributed by atoms with E-state index < -0.39 is 52.0 Å². The normalized spacial score (nSPS) is 27.8. The van der Waals surface area contributed by atoms with E-state index in [2.05, 4.69) is 23.8 Å². The molecule has 0 unspecified atom stereocenters. The first kappa shape index (κ1) is 27.2. The highest BCUT2D eigenvalue weighted by Gasteiger charge is 2.59. The van der Waals surface area contributed by atoms with E-state index in [1.807, 2.05) is 12.1 Å². The van der Waals surface area contributed by atoms with Gasteiger partial charge in [-0.05, 0) is 69.8 Å². The number of aliphatic hydroxyl groups is 3. The van der Waals surface area contributed by atoms with Crippen LogP contribution in [-0.2, 0) is 16.0 Å². The number of amides is 1. The molecule has 1 amide bonds. The predicted octanol–water partition coefficient (Wildman–Crippen LogP) is 2.28. The number of carbonyl (C=O) groups is 3. The third-order valence-corrected chi connectivity index (χ3v) is 9.10. The lowest BCUT2D eigenvalue weighted by Gasteiger charge is -2.45. The van der Waals surface area contributed by atoms with Crippen molar-refractivity contribution in [3.8, 4) is 5.75 Å². The SMILES string of the molecule is CCCCN(c1ccc2c(c1O)C(=O)C1=C(O)[C@]3(O)C(=O)C(C(N)=O)=C(O)C[C@@H]3C[C@@H]1C2)C1CCN(C)CC1. The molecule has 39 heavy (non-hydrogen) atoms. The van der Waals surface area contributed by atoms with Gasteiger partial charge in [-0.1, -0.05) is 19.4 Å². The summed E-state index contributed by atoms with van der Waals surface area (Å²) in [5, 5.41) is 44.5. The summed E-state index contributed by atoms with van der Waals surface area (Å²) in [5.74, 6) is -6.03. The highest BCUT2D eigenvalue weighted by atomic mass is 16.3. The summed E-state index contributed by atoms with van der Waals surface area (Å²) in [6, 6.07) is 3.92. The molecule has 10 nitrogen and oxygen atoms in total. The van der Waals surface area contributed by atoms with Gasteiger partial charge in [-0.2, -0.15) is 0 Å². The predicted molar refractivity (Wildman–Crippen MR) is 144 cm³/mol. The Morgan fingerprint density at radius 3 is 2.49 bits per heavy atom. The van der Waals surface area contributed by atoms with Gasteiger partial charge in [0.25, 0.3) is 5.91 Å². The highest BCUT2D eigenvalue weighted by molar-refractivity contribution is 6.24. The molecule has 0 radical (unpaired) electrons. The van der Waals surface area contributed by atoms with Crippen molar-refractivity contribution in [2.45, 2.75) is 63.5 Å². The molecule has 4 aliphatic rings. The lowest BCUT2D eigenvalue weighted by atomic mass is 9.60. The van der Waals surface area contributed by atoms with Crippen molar-refractivity contribution in [2.75, 3.05) is 31.6 Å². The summed E-state index contributed by atoms with van der Waals surface area (Å²) in [7, 11) is 2.08. The van der Waals surface area contributed by atoms with Gasteiger partial charge in [-0.25, -0.2) is 0 Å². The second kappa shape index (κ2) is 9.98. The number of phenols is 1. The second-order valence-electron chi connectivity index (χ2n) is 11.5. The average Bonchev–Trinajstić information content (AvgIpc) is 2.88. The lowest BCUT2D eigenvalue weighted by Crippen LogP contribution is -2.57. The lowest BCUT2D eigenvalue weighted by molar-refractivity contribution is -0.144. The molecule has 3 atom stereocenters.